The Morgan fingerprint density at radius 3 is 2.07 bits per heavy atom. The highest BCUT2D eigenvalue weighted by atomic mass is 16.5. The van der Waals surface area contributed by atoms with E-state index in [2.05, 4.69) is 24.1 Å². The molecule has 0 heterocycles. The maximum absolute atomic E-state index is 12.2. The molecule has 0 atom stereocenters. The van der Waals surface area contributed by atoms with Gasteiger partial charge in [0.2, 0.25) is 0 Å². The van der Waals surface area contributed by atoms with Crippen molar-refractivity contribution in [1.82, 2.24) is 10.2 Å². The van der Waals surface area contributed by atoms with Gasteiger partial charge in [-0.25, -0.2) is 4.79 Å². The molecule has 4 nitrogen and oxygen atoms in total. The Bertz CT molecular complexity index is 393. The van der Waals surface area contributed by atoms with Crippen LogP contribution in [0.4, 0.5) is 4.79 Å². The Labute approximate surface area is 174 Å². The van der Waals surface area contributed by atoms with E-state index in [9.17, 15) is 4.79 Å². The molecule has 2 aliphatic carbocycles. The molecule has 2 rings (SSSR count). The van der Waals surface area contributed by atoms with Crippen LogP contribution in [0.1, 0.15) is 104 Å². The average Bonchev–Trinajstić information content (AvgIpc) is 2.72. The molecule has 2 fully saturated rings. The fourth-order valence-electron chi connectivity index (χ4n) is 5.01. The largest absolute Gasteiger partial charge is 0.448 e. The van der Waals surface area contributed by atoms with Crippen molar-refractivity contribution in [3.8, 4) is 0 Å². The molecule has 0 aliphatic heterocycles. The minimum atomic E-state index is -0.207. The van der Waals surface area contributed by atoms with Crippen LogP contribution in [0.15, 0.2) is 0 Å². The predicted molar refractivity (Wildman–Crippen MR) is 118 cm³/mol. The lowest BCUT2D eigenvalue weighted by atomic mass is 9.76. The van der Waals surface area contributed by atoms with Crippen LogP contribution in [0.5, 0.6) is 0 Å². The number of nitrogens with one attached hydrogen (secondary N) is 1. The number of hydrogen-bond donors (Lipinski definition) is 1. The summed E-state index contributed by atoms with van der Waals surface area (Å²) < 4.78 is 5.49. The number of amides is 1. The third-order valence-corrected chi connectivity index (χ3v) is 6.86. The third kappa shape index (κ3) is 9.62. The van der Waals surface area contributed by atoms with E-state index in [1.54, 1.807) is 0 Å². The molecule has 2 saturated carbocycles. The Balaban J connectivity index is 1.56. The zero-order valence-electron chi connectivity index (χ0n) is 18.7. The Morgan fingerprint density at radius 2 is 1.46 bits per heavy atom. The third-order valence-electron chi connectivity index (χ3n) is 6.86. The Morgan fingerprint density at radius 1 is 0.857 bits per heavy atom. The Kier molecular flexibility index (Phi) is 12.0. The number of rotatable bonds is 12. The maximum Gasteiger partial charge on any atom is 0.407 e. The topological polar surface area (TPSA) is 41.6 Å². The monoisotopic (exact) mass is 394 g/mol. The number of ether oxygens (including phenoxy) is 1. The van der Waals surface area contributed by atoms with Crippen LogP contribution in [0.25, 0.3) is 0 Å². The quantitative estimate of drug-likeness (QED) is 0.432. The van der Waals surface area contributed by atoms with Crippen LogP contribution < -0.4 is 5.32 Å². The van der Waals surface area contributed by atoms with E-state index in [4.69, 9.17) is 4.74 Å². The molecule has 0 unspecified atom stereocenters. The summed E-state index contributed by atoms with van der Waals surface area (Å²) in [6, 6.07) is 0.325. The van der Waals surface area contributed by atoms with E-state index < -0.39 is 0 Å². The van der Waals surface area contributed by atoms with Gasteiger partial charge in [0.1, 0.15) is 6.61 Å². The molecule has 0 radical (unpaired) electrons. The molecule has 1 N–H and O–H groups in total. The first-order chi connectivity index (χ1) is 13.7. The van der Waals surface area contributed by atoms with Crippen LogP contribution in [-0.4, -0.2) is 43.3 Å². The first kappa shape index (κ1) is 23.5. The van der Waals surface area contributed by atoms with Crippen molar-refractivity contribution >= 4 is 6.09 Å². The second-order valence-electron chi connectivity index (χ2n) is 9.29. The number of unbranched alkanes of at least 4 members (excludes halogenated alkanes) is 2. The second kappa shape index (κ2) is 14.3. The van der Waals surface area contributed by atoms with Gasteiger partial charge in [-0.3, -0.25) is 4.90 Å². The van der Waals surface area contributed by atoms with Gasteiger partial charge in [0.05, 0.1) is 0 Å². The molecule has 4 heteroatoms. The summed E-state index contributed by atoms with van der Waals surface area (Å²) in [6.07, 6.45) is 18.2. The first-order valence-electron chi connectivity index (χ1n) is 12.4. The summed E-state index contributed by atoms with van der Waals surface area (Å²) in [5, 5.41) is 3.12. The van der Waals surface area contributed by atoms with Gasteiger partial charge in [0, 0.05) is 12.6 Å². The fourth-order valence-corrected chi connectivity index (χ4v) is 5.01. The number of nitrogens with zero attached hydrogens (tertiary/aromatic N) is 1. The van der Waals surface area contributed by atoms with Crippen molar-refractivity contribution in [2.45, 2.75) is 110 Å². The molecule has 0 aromatic heterocycles. The molecule has 0 aromatic rings. The van der Waals surface area contributed by atoms with Crippen molar-refractivity contribution in [2.75, 3.05) is 26.2 Å². The van der Waals surface area contributed by atoms with Gasteiger partial charge >= 0.3 is 6.09 Å². The smallest absolute Gasteiger partial charge is 0.407 e. The van der Waals surface area contributed by atoms with E-state index in [1.165, 1.54) is 77.0 Å². The van der Waals surface area contributed by atoms with E-state index >= 15 is 0 Å². The number of carbonyl (C=O) groups is 1. The summed E-state index contributed by atoms with van der Waals surface area (Å²) in [5.41, 5.74) is 0. The van der Waals surface area contributed by atoms with Crippen LogP contribution in [-0.2, 0) is 4.74 Å². The van der Waals surface area contributed by atoms with E-state index in [0.29, 0.717) is 12.6 Å². The van der Waals surface area contributed by atoms with Crippen molar-refractivity contribution in [2.24, 2.45) is 11.8 Å². The summed E-state index contributed by atoms with van der Waals surface area (Å²) in [6.45, 7) is 8.06. The van der Waals surface area contributed by atoms with Crippen LogP contribution >= 0.6 is 0 Å². The highest BCUT2D eigenvalue weighted by molar-refractivity contribution is 5.67. The summed E-state index contributed by atoms with van der Waals surface area (Å²) >= 11 is 0. The Hall–Kier alpha value is -0.770. The SMILES string of the molecule is CCCCN(CCCC)CCOC(=O)NC1CCC(CC2CCCCC2)CC1. The van der Waals surface area contributed by atoms with Crippen molar-refractivity contribution in [3.63, 3.8) is 0 Å². The van der Waals surface area contributed by atoms with Crippen LogP contribution in [0.2, 0.25) is 0 Å². The first-order valence-corrected chi connectivity index (χ1v) is 12.4. The predicted octanol–water partition coefficient (Wildman–Crippen LogP) is 6.14. The lowest BCUT2D eigenvalue weighted by Gasteiger charge is -2.32. The zero-order valence-corrected chi connectivity index (χ0v) is 18.7. The molecule has 0 aromatic carbocycles. The molecule has 1 amide bonds. The molecular weight excluding hydrogens is 348 g/mol. The lowest BCUT2D eigenvalue weighted by molar-refractivity contribution is 0.118. The number of hydrogen-bond acceptors (Lipinski definition) is 3. The van der Waals surface area contributed by atoms with Gasteiger partial charge in [0.25, 0.3) is 0 Å². The summed E-state index contributed by atoms with van der Waals surface area (Å²) in [4.78, 5) is 14.6. The highest BCUT2D eigenvalue weighted by Crippen LogP contribution is 2.35. The normalized spacial score (nSPS) is 23.7. The maximum atomic E-state index is 12.2. The molecule has 0 spiro atoms. The molecule has 28 heavy (non-hydrogen) atoms. The summed E-state index contributed by atoms with van der Waals surface area (Å²) in [7, 11) is 0. The number of carbonyl (C=O) groups excluding carboxylic acids is 1. The minimum absolute atomic E-state index is 0.207. The molecule has 0 bridgehead atoms. The van der Waals surface area contributed by atoms with Crippen molar-refractivity contribution < 1.29 is 9.53 Å². The van der Waals surface area contributed by atoms with Crippen molar-refractivity contribution in [1.29, 1.82) is 0 Å². The van der Waals surface area contributed by atoms with Gasteiger partial charge in [-0.15, -0.1) is 0 Å². The molecule has 0 saturated heterocycles. The minimum Gasteiger partial charge on any atom is -0.448 e. The highest BCUT2D eigenvalue weighted by Gasteiger charge is 2.25. The van der Waals surface area contributed by atoms with Crippen molar-refractivity contribution in [3.05, 3.63) is 0 Å². The van der Waals surface area contributed by atoms with Gasteiger partial charge in [-0.1, -0.05) is 58.8 Å². The number of alkyl carbamates (subject to hydrolysis) is 1. The van der Waals surface area contributed by atoms with E-state index in [0.717, 1.165) is 44.3 Å². The van der Waals surface area contributed by atoms with Gasteiger partial charge in [0.15, 0.2) is 0 Å². The van der Waals surface area contributed by atoms with Gasteiger partial charge < -0.3 is 10.1 Å². The lowest BCUT2D eigenvalue weighted by Crippen LogP contribution is -2.39. The summed E-state index contributed by atoms with van der Waals surface area (Å²) in [5.74, 6) is 1.87. The molecular formula is C24H46N2O2. The standard InChI is InChI=1S/C24H46N2O2/c1-3-5-16-26(17-6-4-2)18-19-28-24(27)25-23-14-12-22(13-15-23)20-21-10-8-7-9-11-21/h21-23H,3-20H2,1-2H3,(H,25,27). The molecule has 164 valence electrons. The zero-order chi connectivity index (χ0) is 20.0. The fraction of sp³-hybridized carbons (Fsp3) is 0.958. The van der Waals surface area contributed by atoms with Gasteiger partial charge in [-0.2, -0.15) is 0 Å². The molecule has 2 aliphatic rings. The van der Waals surface area contributed by atoms with Crippen LogP contribution in [0.3, 0.4) is 0 Å². The van der Waals surface area contributed by atoms with Gasteiger partial charge in [-0.05, 0) is 69.9 Å². The van der Waals surface area contributed by atoms with Crippen LogP contribution in [0, 0.1) is 11.8 Å². The van der Waals surface area contributed by atoms with E-state index in [1.807, 2.05) is 0 Å². The average molecular weight is 395 g/mol. The van der Waals surface area contributed by atoms with E-state index in [-0.39, 0.29) is 6.09 Å². The second-order valence-corrected chi connectivity index (χ2v) is 9.29.